The summed E-state index contributed by atoms with van der Waals surface area (Å²) in [6, 6.07) is 20.9. The molecule has 0 fully saturated rings. The van der Waals surface area contributed by atoms with Crippen LogP contribution >= 0.6 is 0 Å². The molecule has 0 spiro atoms. The molecule has 0 aliphatic carbocycles. The van der Waals surface area contributed by atoms with Gasteiger partial charge in [0.2, 0.25) is 0 Å². The number of fused-ring (bicyclic) bond motifs is 1. The summed E-state index contributed by atoms with van der Waals surface area (Å²) in [4.78, 5) is 11.6. The first kappa shape index (κ1) is 22.2. The van der Waals surface area contributed by atoms with Crippen molar-refractivity contribution in [3.05, 3.63) is 107 Å². The normalized spacial score (nSPS) is 12.2. The second-order valence-electron chi connectivity index (χ2n) is 7.59. The number of allylic oxidation sites excluding steroid dienone is 1. The average molecular weight is 441 g/mol. The lowest BCUT2D eigenvalue weighted by atomic mass is 9.87. The summed E-state index contributed by atoms with van der Waals surface area (Å²) in [6.07, 6.45) is 5.75. The van der Waals surface area contributed by atoms with Crippen LogP contribution in [0.3, 0.4) is 0 Å². The molecule has 3 aromatic carbocycles. The molecule has 166 valence electrons. The zero-order valence-corrected chi connectivity index (χ0v) is 18.6. The van der Waals surface area contributed by atoms with Crippen molar-refractivity contribution in [3.63, 3.8) is 0 Å². The number of benzene rings is 3. The summed E-state index contributed by atoms with van der Waals surface area (Å²) >= 11 is 0. The lowest BCUT2D eigenvalue weighted by Gasteiger charge is -2.17. The van der Waals surface area contributed by atoms with E-state index in [1.807, 2.05) is 48.7 Å². The standard InChI is InChI=1S/C28H25FN2O2/c1-3-25(20-10-13-24(29)14-11-20)28(22-12-15-26-23(17-22)18-30-31-26)21-8-5-19(6-9-21)7-16-27(32)33-4-2/h5-18H,3-4H2,1-2H3,(H,30,31). The van der Waals surface area contributed by atoms with E-state index in [-0.39, 0.29) is 11.8 Å². The molecule has 0 saturated heterocycles. The number of aromatic amines is 1. The maximum atomic E-state index is 13.6. The highest BCUT2D eigenvalue weighted by molar-refractivity contribution is 6.00. The molecule has 0 atom stereocenters. The minimum atomic E-state index is -0.361. The summed E-state index contributed by atoms with van der Waals surface area (Å²) in [7, 11) is 0. The third-order valence-corrected chi connectivity index (χ3v) is 5.47. The number of nitrogens with one attached hydrogen (secondary N) is 1. The second-order valence-corrected chi connectivity index (χ2v) is 7.59. The molecular formula is C28H25FN2O2. The van der Waals surface area contributed by atoms with Crippen LogP contribution < -0.4 is 0 Å². The van der Waals surface area contributed by atoms with Gasteiger partial charge in [0.25, 0.3) is 0 Å². The van der Waals surface area contributed by atoms with Gasteiger partial charge in [0.15, 0.2) is 0 Å². The molecule has 4 aromatic rings. The number of carbonyl (C=O) groups excluding carboxylic acids is 1. The molecule has 33 heavy (non-hydrogen) atoms. The van der Waals surface area contributed by atoms with Crippen LogP contribution in [0, 0.1) is 5.82 Å². The van der Waals surface area contributed by atoms with Gasteiger partial charge in [0, 0.05) is 11.5 Å². The number of nitrogens with zero attached hydrogens (tertiary/aromatic N) is 1. The Kier molecular flexibility index (Phi) is 6.79. The number of hydrogen-bond acceptors (Lipinski definition) is 3. The van der Waals surface area contributed by atoms with Crippen LogP contribution in [0.1, 0.15) is 42.5 Å². The van der Waals surface area contributed by atoms with Gasteiger partial charge < -0.3 is 4.74 Å². The van der Waals surface area contributed by atoms with E-state index in [0.717, 1.165) is 50.7 Å². The van der Waals surface area contributed by atoms with Gasteiger partial charge >= 0.3 is 5.97 Å². The van der Waals surface area contributed by atoms with Gasteiger partial charge in [-0.2, -0.15) is 5.10 Å². The molecule has 4 nitrogen and oxygen atoms in total. The van der Waals surface area contributed by atoms with Gasteiger partial charge in [0.05, 0.1) is 18.3 Å². The number of halogens is 1. The second kappa shape index (κ2) is 10.1. The maximum Gasteiger partial charge on any atom is 0.330 e. The fourth-order valence-electron chi connectivity index (χ4n) is 3.91. The lowest BCUT2D eigenvalue weighted by Crippen LogP contribution is -1.98. The van der Waals surface area contributed by atoms with E-state index in [1.165, 1.54) is 18.2 Å². The average Bonchev–Trinajstić information content (AvgIpc) is 3.30. The van der Waals surface area contributed by atoms with Crippen molar-refractivity contribution in [2.75, 3.05) is 6.61 Å². The number of ether oxygens (including phenoxy) is 1. The van der Waals surface area contributed by atoms with Crippen molar-refractivity contribution in [1.29, 1.82) is 0 Å². The number of aromatic nitrogens is 2. The highest BCUT2D eigenvalue weighted by Gasteiger charge is 2.14. The highest BCUT2D eigenvalue weighted by atomic mass is 19.1. The number of carbonyl (C=O) groups is 1. The Balaban J connectivity index is 1.82. The quantitative estimate of drug-likeness (QED) is 0.199. The molecular weight excluding hydrogens is 415 g/mol. The molecule has 1 N–H and O–H groups in total. The molecule has 5 heteroatoms. The van der Waals surface area contributed by atoms with Crippen LogP contribution in [0.2, 0.25) is 0 Å². The van der Waals surface area contributed by atoms with E-state index < -0.39 is 0 Å². The zero-order valence-electron chi connectivity index (χ0n) is 18.6. The Labute approximate surface area is 192 Å². The highest BCUT2D eigenvalue weighted by Crippen LogP contribution is 2.35. The largest absolute Gasteiger partial charge is 0.463 e. The summed E-state index contributed by atoms with van der Waals surface area (Å²) in [6.45, 7) is 4.23. The smallest absolute Gasteiger partial charge is 0.330 e. The first-order chi connectivity index (χ1) is 16.1. The molecule has 0 aliphatic heterocycles. The Morgan fingerprint density at radius 2 is 1.67 bits per heavy atom. The minimum Gasteiger partial charge on any atom is -0.463 e. The van der Waals surface area contributed by atoms with Crippen LogP contribution in [-0.4, -0.2) is 22.8 Å². The molecule has 4 rings (SSSR count). The van der Waals surface area contributed by atoms with E-state index in [1.54, 1.807) is 13.0 Å². The first-order valence-corrected chi connectivity index (χ1v) is 11.0. The summed E-state index contributed by atoms with van der Waals surface area (Å²) in [5, 5.41) is 8.15. The lowest BCUT2D eigenvalue weighted by molar-refractivity contribution is -0.137. The third kappa shape index (κ3) is 5.09. The SMILES string of the molecule is CCOC(=O)C=Cc1ccc(C(=C(CC)c2ccc(F)cc2)c2ccc3[nH]ncc3c2)cc1. The summed E-state index contributed by atoms with van der Waals surface area (Å²) in [5.41, 5.74) is 7.13. The number of H-pyrrole nitrogens is 1. The molecule has 1 aromatic heterocycles. The topological polar surface area (TPSA) is 55.0 Å². The molecule has 0 bridgehead atoms. The van der Waals surface area contributed by atoms with Gasteiger partial charge in [-0.25, -0.2) is 9.18 Å². The van der Waals surface area contributed by atoms with Gasteiger partial charge in [-0.3, -0.25) is 5.10 Å². The fourth-order valence-corrected chi connectivity index (χ4v) is 3.91. The van der Waals surface area contributed by atoms with Crippen molar-refractivity contribution in [2.24, 2.45) is 0 Å². The Bertz CT molecular complexity index is 1320. The molecule has 0 amide bonds. The van der Waals surface area contributed by atoms with E-state index in [9.17, 15) is 9.18 Å². The maximum absolute atomic E-state index is 13.6. The molecule has 0 radical (unpaired) electrons. The van der Waals surface area contributed by atoms with Gasteiger partial charge in [0.1, 0.15) is 5.82 Å². The van der Waals surface area contributed by atoms with Gasteiger partial charge in [-0.1, -0.05) is 49.4 Å². The molecule has 1 heterocycles. The van der Waals surface area contributed by atoms with Crippen molar-refractivity contribution in [1.82, 2.24) is 10.2 Å². The van der Waals surface area contributed by atoms with Crippen LogP contribution in [0.25, 0.3) is 28.1 Å². The predicted molar refractivity (Wildman–Crippen MR) is 131 cm³/mol. The Hall–Kier alpha value is -3.99. The van der Waals surface area contributed by atoms with Crippen molar-refractivity contribution in [2.45, 2.75) is 20.3 Å². The number of rotatable bonds is 7. The fraction of sp³-hybridized carbons (Fsp3) is 0.143. The van der Waals surface area contributed by atoms with E-state index in [2.05, 4.69) is 29.3 Å². The van der Waals surface area contributed by atoms with E-state index in [4.69, 9.17) is 4.74 Å². The van der Waals surface area contributed by atoms with E-state index >= 15 is 0 Å². The van der Waals surface area contributed by atoms with Crippen molar-refractivity contribution >= 4 is 34.1 Å². The van der Waals surface area contributed by atoms with Crippen molar-refractivity contribution < 1.29 is 13.9 Å². The third-order valence-electron chi connectivity index (χ3n) is 5.47. The molecule has 0 saturated carbocycles. The molecule has 0 aliphatic rings. The molecule has 0 unspecified atom stereocenters. The van der Waals surface area contributed by atoms with Gasteiger partial charge in [-0.05, 0) is 77.1 Å². The van der Waals surface area contributed by atoms with Crippen LogP contribution in [0.5, 0.6) is 0 Å². The van der Waals surface area contributed by atoms with Crippen molar-refractivity contribution in [3.8, 4) is 0 Å². The number of esters is 1. The Morgan fingerprint density at radius 3 is 2.36 bits per heavy atom. The van der Waals surface area contributed by atoms with Crippen LogP contribution in [-0.2, 0) is 9.53 Å². The zero-order chi connectivity index (χ0) is 23.2. The number of hydrogen-bond donors (Lipinski definition) is 1. The first-order valence-electron chi connectivity index (χ1n) is 11.0. The monoisotopic (exact) mass is 440 g/mol. The van der Waals surface area contributed by atoms with Crippen LogP contribution in [0.4, 0.5) is 4.39 Å². The minimum absolute atomic E-state index is 0.256. The van der Waals surface area contributed by atoms with Gasteiger partial charge in [-0.15, -0.1) is 0 Å². The predicted octanol–water partition coefficient (Wildman–Crippen LogP) is 6.65. The summed E-state index contributed by atoms with van der Waals surface area (Å²) < 4.78 is 18.5. The Morgan fingerprint density at radius 1 is 0.970 bits per heavy atom. The van der Waals surface area contributed by atoms with E-state index in [0.29, 0.717) is 6.61 Å². The summed E-state index contributed by atoms with van der Waals surface area (Å²) in [5.74, 6) is -0.617. The van der Waals surface area contributed by atoms with Crippen LogP contribution in [0.15, 0.2) is 79.0 Å².